The zero-order valence-corrected chi connectivity index (χ0v) is 36.1. The number of aliphatic carboxylic acids is 1. The molecule has 0 fully saturated rings. The summed E-state index contributed by atoms with van der Waals surface area (Å²) in [6.45, 7) is 2.74. The lowest BCUT2D eigenvalue weighted by atomic mass is 10.1. The Morgan fingerprint density at radius 2 is 0.964 bits per heavy atom. The molecule has 0 aliphatic rings. The van der Waals surface area contributed by atoms with E-state index in [4.69, 9.17) is 24.8 Å². The molecule has 56 heavy (non-hydrogen) atoms. The smallest absolute Gasteiger partial charge is 0.472 e. The maximum Gasteiger partial charge on any atom is 0.472 e. The predicted molar refractivity (Wildman–Crippen MR) is 226 cm³/mol. The number of carbonyl (C=O) groups excluding carboxylic acids is 2. The molecule has 11 nitrogen and oxygen atoms in total. The van der Waals surface area contributed by atoms with Gasteiger partial charge in [-0.25, -0.2) is 4.57 Å². The number of carboxylic acid groups (broad SMARTS) is 1. The average molecular weight is 814 g/mol. The van der Waals surface area contributed by atoms with Crippen LogP contribution in [0.5, 0.6) is 0 Å². The Balaban J connectivity index is 4.30. The number of phosphoric ester groups is 1. The number of hydrogen-bond donors (Lipinski definition) is 3. The number of rotatable bonds is 41. The molecule has 12 heteroatoms. The highest BCUT2D eigenvalue weighted by Gasteiger charge is 2.28. The molecule has 0 saturated carbocycles. The van der Waals surface area contributed by atoms with E-state index in [1.807, 2.05) is 0 Å². The Bertz CT molecular complexity index is 1100. The van der Waals surface area contributed by atoms with E-state index in [-0.39, 0.29) is 19.4 Å². The maximum atomic E-state index is 12.6. The van der Waals surface area contributed by atoms with Gasteiger partial charge in [-0.3, -0.25) is 23.4 Å². The normalized spacial score (nSPS) is 14.1. The fourth-order valence-electron chi connectivity index (χ4n) is 5.84. The molecule has 0 amide bonds. The van der Waals surface area contributed by atoms with E-state index >= 15 is 0 Å². The Hall–Kier alpha value is -2.30. The van der Waals surface area contributed by atoms with E-state index in [0.29, 0.717) is 12.8 Å². The highest BCUT2D eigenvalue weighted by atomic mass is 31.2. The zero-order chi connectivity index (χ0) is 41.4. The van der Waals surface area contributed by atoms with E-state index in [9.17, 15) is 23.8 Å². The third-order valence-corrected chi connectivity index (χ3v) is 10.3. The molecular weight excluding hydrogens is 733 g/mol. The van der Waals surface area contributed by atoms with Crippen molar-refractivity contribution in [2.75, 3.05) is 19.8 Å². The van der Waals surface area contributed by atoms with Gasteiger partial charge in [-0.2, -0.15) is 0 Å². The summed E-state index contributed by atoms with van der Waals surface area (Å²) in [7, 11) is -4.72. The molecule has 0 aromatic rings. The number of carbonyl (C=O) groups is 3. The molecule has 0 spiro atoms. The molecule has 0 aliphatic heterocycles. The van der Waals surface area contributed by atoms with Crippen molar-refractivity contribution < 1.29 is 47.5 Å². The minimum atomic E-state index is -4.72. The summed E-state index contributed by atoms with van der Waals surface area (Å²) in [5, 5.41) is 8.88. The SMILES string of the molecule is CCCC/C=C\CCCCCCCC(=O)OCC(COP(=O)(O)OCC(N)C(=O)O)OC(=O)CCCCCCCCCCC/C=C\C/C=C\CCCCCCC. The Labute approximate surface area is 340 Å². The van der Waals surface area contributed by atoms with Crippen LogP contribution in [-0.4, -0.2) is 59.9 Å². The van der Waals surface area contributed by atoms with Crippen molar-refractivity contribution in [2.45, 2.75) is 206 Å². The molecule has 0 heterocycles. The number of unbranched alkanes of at least 4 members (excludes halogenated alkanes) is 21. The van der Waals surface area contributed by atoms with Gasteiger partial charge in [-0.15, -0.1) is 0 Å². The van der Waals surface area contributed by atoms with Crippen molar-refractivity contribution >= 4 is 25.7 Å². The van der Waals surface area contributed by atoms with Gasteiger partial charge in [-0.1, -0.05) is 153 Å². The highest BCUT2D eigenvalue weighted by molar-refractivity contribution is 7.47. The number of phosphoric acid groups is 1. The first-order chi connectivity index (χ1) is 27.1. The minimum Gasteiger partial charge on any atom is -0.480 e. The summed E-state index contributed by atoms with van der Waals surface area (Å²) in [6, 6.07) is -1.52. The Kier molecular flexibility index (Phi) is 37.9. The van der Waals surface area contributed by atoms with Crippen LogP contribution in [0.15, 0.2) is 36.5 Å². The van der Waals surface area contributed by atoms with E-state index in [0.717, 1.165) is 70.6 Å². The van der Waals surface area contributed by atoms with Gasteiger partial charge < -0.3 is 25.2 Å². The van der Waals surface area contributed by atoms with Crippen molar-refractivity contribution in [1.29, 1.82) is 0 Å². The second kappa shape index (κ2) is 39.5. The summed E-state index contributed by atoms with van der Waals surface area (Å²) >= 11 is 0. The summed E-state index contributed by atoms with van der Waals surface area (Å²) in [5.41, 5.74) is 5.33. The molecule has 0 saturated heterocycles. The van der Waals surface area contributed by atoms with Crippen molar-refractivity contribution in [3.8, 4) is 0 Å². The first kappa shape index (κ1) is 53.7. The summed E-state index contributed by atoms with van der Waals surface area (Å²) < 4.78 is 32.6. The van der Waals surface area contributed by atoms with Crippen LogP contribution in [0, 0.1) is 0 Å². The van der Waals surface area contributed by atoms with Gasteiger partial charge in [0.25, 0.3) is 0 Å². The molecule has 4 N–H and O–H groups in total. The lowest BCUT2D eigenvalue weighted by Gasteiger charge is -2.20. The summed E-state index contributed by atoms with van der Waals surface area (Å²) in [4.78, 5) is 45.9. The molecule has 0 aliphatic carbocycles. The summed E-state index contributed by atoms with van der Waals surface area (Å²) in [5.74, 6) is -2.39. The molecule has 3 atom stereocenters. The molecule has 0 aromatic carbocycles. The van der Waals surface area contributed by atoms with Crippen LogP contribution in [-0.2, 0) is 37.5 Å². The van der Waals surface area contributed by atoms with Gasteiger partial charge in [0.2, 0.25) is 0 Å². The molecule has 0 rings (SSSR count). The van der Waals surface area contributed by atoms with Crippen molar-refractivity contribution in [3.63, 3.8) is 0 Å². The number of ether oxygens (including phenoxy) is 2. The zero-order valence-electron chi connectivity index (χ0n) is 35.2. The molecule has 0 aromatic heterocycles. The predicted octanol–water partition coefficient (Wildman–Crippen LogP) is 11.6. The third kappa shape index (κ3) is 38.6. The molecular formula is C44H80NO10P. The molecule has 326 valence electrons. The summed E-state index contributed by atoms with van der Waals surface area (Å²) in [6.07, 6.45) is 42.1. The fourth-order valence-corrected chi connectivity index (χ4v) is 6.62. The minimum absolute atomic E-state index is 0.155. The van der Waals surface area contributed by atoms with Gasteiger partial charge in [-0.05, 0) is 64.2 Å². The van der Waals surface area contributed by atoms with E-state index < -0.39 is 51.1 Å². The lowest BCUT2D eigenvalue weighted by molar-refractivity contribution is -0.161. The fraction of sp³-hybridized carbons (Fsp3) is 0.795. The van der Waals surface area contributed by atoms with Gasteiger partial charge in [0.1, 0.15) is 12.6 Å². The van der Waals surface area contributed by atoms with E-state index in [1.54, 1.807) is 0 Å². The van der Waals surface area contributed by atoms with Gasteiger partial charge >= 0.3 is 25.7 Å². The first-order valence-electron chi connectivity index (χ1n) is 22.0. The molecule has 3 unspecified atom stereocenters. The number of allylic oxidation sites excluding steroid dienone is 6. The first-order valence-corrected chi connectivity index (χ1v) is 23.5. The highest BCUT2D eigenvalue weighted by Crippen LogP contribution is 2.43. The van der Waals surface area contributed by atoms with Crippen LogP contribution in [0.1, 0.15) is 194 Å². The maximum absolute atomic E-state index is 12.6. The van der Waals surface area contributed by atoms with Crippen molar-refractivity contribution in [1.82, 2.24) is 0 Å². The standard InChI is InChI=1S/C44H80NO10P/c1-3-5-7-9-11-13-15-16-17-18-19-20-21-22-23-24-26-28-30-32-34-36-43(47)55-40(38-53-56(50,51)54-39-41(45)44(48)49)37-52-42(46)35-33-31-29-27-25-14-12-10-8-6-4-2/h10,12,15-16,18-19,40-41H,3-9,11,13-14,17,20-39,45H2,1-2H3,(H,48,49)(H,50,51)/b12-10-,16-15-,19-18-. The Morgan fingerprint density at radius 3 is 1.46 bits per heavy atom. The van der Waals surface area contributed by atoms with E-state index in [2.05, 4.69) is 54.8 Å². The van der Waals surface area contributed by atoms with Crippen LogP contribution in [0.3, 0.4) is 0 Å². The number of hydrogen-bond acceptors (Lipinski definition) is 9. The lowest BCUT2D eigenvalue weighted by Crippen LogP contribution is -2.34. The number of carboxylic acids is 1. The second-order valence-corrected chi connectivity index (χ2v) is 16.3. The van der Waals surface area contributed by atoms with Gasteiger partial charge in [0.05, 0.1) is 13.2 Å². The van der Waals surface area contributed by atoms with Crippen LogP contribution in [0.2, 0.25) is 0 Å². The van der Waals surface area contributed by atoms with Crippen LogP contribution >= 0.6 is 7.82 Å². The van der Waals surface area contributed by atoms with Crippen LogP contribution in [0.25, 0.3) is 0 Å². The van der Waals surface area contributed by atoms with Crippen LogP contribution in [0.4, 0.5) is 0 Å². The second-order valence-electron chi connectivity index (χ2n) is 14.8. The van der Waals surface area contributed by atoms with Gasteiger partial charge in [0.15, 0.2) is 6.10 Å². The van der Waals surface area contributed by atoms with E-state index in [1.165, 1.54) is 83.5 Å². The monoisotopic (exact) mass is 814 g/mol. The number of esters is 2. The molecule has 0 radical (unpaired) electrons. The molecule has 0 bridgehead atoms. The van der Waals surface area contributed by atoms with Crippen molar-refractivity contribution in [3.05, 3.63) is 36.5 Å². The third-order valence-electron chi connectivity index (χ3n) is 9.36. The Morgan fingerprint density at radius 1 is 0.554 bits per heavy atom. The largest absolute Gasteiger partial charge is 0.480 e. The van der Waals surface area contributed by atoms with Crippen LogP contribution < -0.4 is 5.73 Å². The van der Waals surface area contributed by atoms with Gasteiger partial charge in [0, 0.05) is 12.8 Å². The number of nitrogens with two attached hydrogens (primary N) is 1. The average Bonchev–Trinajstić information content (AvgIpc) is 3.17. The quantitative estimate of drug-likeness (QED) is 0.0232. The topological polar surface area (TPSA) is 172 Å². The van der Waals surface area contributed by atoms with Crippen molar-refractivity contribution in [2.24, 2.45) is 5.73 Å².